The molecule has 0 aliphatic carbocycles. The Bertz CT molecular complexity index is 206. The quantitative estimate of drug-likeness (QED) is 0.625. The third kappa shape index (κ3) is 4.64. The Labute approximate surface area is 88.3 Å². The molecule has 2 heteroatoms. The van der Waals surface area contributed by atoms with Gasteiger partial charge < -0.3 is 10.0 Å². The molecule has 0 aliphatic rings. The predicted molar refractivity (Wildman–Crippen MR) is 60.1 cm³/mol. The molecule has 0 bridgehead atoms. The van der Waals surface area contributed by atoms with E-state index < -0.39 is 5.60 Å². The van der Waals surface area contributed by atoms with Crippen LogP contribution in [0.4, 0.5) is 0 Å². The van der Waals surface area contributed by atoms with Crippen LogP contribution >= 0.6 is 0 Å². The molecule has 0 unspecified atom stereocenters. The third-order valence-electron chi connectivity index (χ3n) is 2.80. The van der Waals surface area contributed by atoms with Gasteiger partial charge in [0.15, 0.2) is 0 Å². The first-order chi connectivity index (χ1) is 6.44. The molecule has 2 nitrogen and oxygen atoms in total. The first-order valence-electron chi connectivity index (χ1n) is 5.50. The number of rotatable bonds is 4. The monoisotopic (exact) mass is 198 g/mol. The van der Waals surface area contributed by atoms with E-state index in [1.54, 1.807) is 6.92 Å². The molecule has 0 aromatic heterocycles. The molecule has 82 valence electrons. The number of hydrogen-bond acceptors (Lipinski definition) is 1. The Hall–Kier alpha value is -0.520. The van der Waals surface area contributed by atoms with E-state index in [9.17, 15) is 5.11 Å². The summed E-state index contributed by atoms with van der Waals surface area (Å²) in [5.41, 5.74) is -0.841. The van der Waals surface area contributed by atoms with Crippen molar-refractivity contribution in [3.8, 4) is 11.8 Å². The second-order valence-electron chi connectivity index (χ2n) is 4.24. The number of hydrogen-bond donors (Lipinski definition) is 2. The summed E-state index contributed by atoms with van der Waals surface area (Å²) in [7, 11) is 0. The van der Waals surface area contributed by atoms with E-state index in [1.807, 2.05) is 13.8 Å². The van der Waals surface area contributed by atoms with Gasteiger partial charge in [-0.25, -0.2) is 0 Å². The molecule has 14 heavy (non-hydrogen) atoms. The van der Waals surface area contributed by atoms with Crippen LogP contribution in [0.5, 0.6) is 0 Å². The van der Waals surface area contributed by atoms with Crippen molar-refractivity contribution in [3.63, 3.8) is 0 Å². The predicted octanol–water partition coefficient (Wildman–Crippen LogP) is 0.321. The van der Waals surface area contributed by atoms with E-state index in [-0.39, 0.29) is 5.92 Å². The van der Waals surface area contributed by atoms with Crippen LogP contribution in [-0.4, -0.2) is 30.3 Å². The van der Waals surface area contributed by atoms with Gasteiger partial charge in [-0.05, 0) is 32.6 Å². The van der Waals surface area contributed by atoms with Crippen LogP contribution in [0.2, 0.25) is 0 Å². The molecular formula is C12H24NO+. The lowest BCUT2D eigenvalue weighted by molar-refractivity contribution is -0.889. The molecule has 1 atom stereocenters. The topological polar surface area (TPSA) is 24.7 Å². The fraction of sp³-hybridized carbons (Fsp3) is 0.833. The van der Waals surface area contributed by atoms with Crippen molar-refractivity contribution in [2.45, 2.75) is 40.2 Å². The van der Waals surface area contributed by atoms with Gasteiger partial charge in [0.2, 0.25) is 0 Å². The van der Waals surface area contributed by atoms with Crippen molar-refractivity contribution in [1.29, 1.82) is 0 Å². The number of aliphatic hydroxyl groups is 1. The first-order valence-corrected chi connectivity index (χ1v) is 5.50. The lowest BCUT2D eigenvalue weighted by Gasteiger charge is -2.20. The summed E-state index contributed by atoms with van der Waals surface area (Å²) in [5.74, 6) is 6.20. The van der Waals surface area contributed by atoms with Gasteiger partial charge in [0, 0.05) is 0 Å². The Morgan fingerprint density at radius 3 is 2.14 bits per heavy atom. The summed E-state index contributed by atoms with van der Waals surface area (Å²) >= 11 is 0. The molecule has 0 aliphatic heterocycles. The highest BCUT2D eigenvalue weighted by Crippen LogP contribution is 2.13. The van der Waals surface area contributed by atoms with Gasteiger partial charge in [-0.3, -0.25) is 0 Å². The molecule has 0 aromatic rings. The summed E-state index contributed by atoms with van der Waals surface area (Å²) in [6.45, 7) is 13.1. The minimum absolute atomic E-state index is 0.182. The molecule has 0 fully saturated rings. The van der Waals surface area contributed by atoms with Crippen LogP contribution in [0.15, 0.2) is 0 Å². The van der Waals surface area contributed by atoms with Gasteiger partial charge in [0.25, 0.3) is 0 Å². The smallest absolute Gasteiger partial charge is 0.139 e. The van der Waals surface area contributed by atoms with Crippen molar-refractivity contribution in [3.05, 3.63) is 0 Å². The standard InChI is InChI=1S/C12H23NO/c1-6-13(7-2)10-8-9-12(5,14)11(3)4/h11,14H,6-7,10H2,1-5H3/p+1/t12-/m1/s1. The summed E-state index contributed by atoms with van der Waals surface area (Å²) < 4.78 is 0. The molecule has 0 aromatic carbocycles. The molecule has 0 saturated carbocycles. The molecule has 0 spiro atoms. The summed E-state index contributed by atoms with van der Waals surface area (Å²) in [5, 5.41) is 9.87. The minimum Gasteiger partial charge on any atom is -0.378 e. The lowest BCUT2D eigenvalue weighted by atomic mass is 9.93. The van der Waals surface area contributed by atoms with Crippen molar-refractivity contribution in [1.82, 2.24) is 0 Å². The van der Waals surface area contributed by atoms with Crippen molar-refractivity contribution in [2.75, 3.05) is 19.6 Å². The van der Waals surface area contributed by atoms with Crippen LogP contribution in [-0.2, 0) is 0 Å². The third-order valence-corrected chi connectivity index (χ3v) is 2.80. The molecule has 0 amide bonds. The van der Waals surface area contributed by atoms with Crippen LogP contribution in [0, 0.1) is 17.8 Å². The van der Waals surface area contributed by atoms with Gasteiger partial charge in [0.1, 0.15) is 12.1 Å². The van der Waals surface area contributed by atoms with E-state index in [4.69, 9.17) is 0 Å². The Kier molecular flexibility index (Phi) is 5.83. The number of quaternary nitrogens is 1. The van der Waals surface area contributed by atoms with Gasteiger partial charge in [-0.15, -0.1) is 0 Å². The number of nitrogens with one attached hydrogen (secondary N) is 1. The molecule has 0 radical (unpaired) electrons. The summed E-state index contributed by atoms with van der Waals surface area (Å²) in [4.78, 5) is 1.46. The Morgan fingerprint density at radius 2 is 1.79 bits per heavy atom. The van der Waals surface area contributed by atoms with E-state index in [1.165, 1.54) is 4.90 Å². The largest absolute Gasteiger partial charge is 0.378 e. The zero-order valence-corrected chi connectivity index (χ0v) is 10.1. The van der Waals surface area contributed by atoms with E-state index in [2.05, 4.69) is 25.7 Å². The van der Waals surface area contributed by atoms with Crippen molar-refractivity contribution in [2.24, 2.45) is 5.92 Å². The Morgan fingerprint density at radius 1 is 1.29 bits per heavy atom. The Balaban J connectivity index is 4.16. The van der Waals surface area contributed by atoms with E-state index in [0.717, 1.165) is 19.6 Å². The normalized spacial score (nSPS) is 15.1. The van der Waals surface area contributed by atoms with E-state index >= 15 is 0 Å². The highest BCUT2D eigenvalue weighted by molar-refractivity contribution is 5.13. The van der Waals surface area contributed by atoms with Gasteiger partial charge in [0.05, 0.1) is 13.1 Å². The molecular weight excluding hydrogens is 174 g/mol. The SMILES string of the molecule is CC[NH+](CC)CC#C[C@@](C)(O)C(C)C. The highest BCUT2D eigenvalue weighted by atomic mass is 16.3. The molecule has 0 heterocycles. The average molecular weight is 198 g/mol. The van der Waals surface area contributed by atoms with Crippen LogP contribution in [0.25, 0.3) is 0 Å². The van der Waals surface area contributed by atoms with Gasteiger partial charge in [-0.1, -0.05) is 19.8 Å². The molecule has 0 saturated heterocycles. The fourth-order valence-corrected chi connectivity index (χ4v) is 0.992. The second-order valence-corrected chi connectivity index (χ2v) is 4.24. The summed E-state index contributed by atoms with van der Waals surface area (Å²) in [6, 6.07) is 0. The maximum absolute atomic E-state index is 9.87. The second kappa shape index (κ2) is 6.06. The van der Waals surface area contributed by atoms with Crippen LogP contribution < -0.4 is 4.90 Å². The fourth-order valence-electron chi connectivity index (χ4n) is 0.992. The molecule has 0 rings (SSSR count). The maximum Gasteiger partial charge on any atom is 0.139 e. The lowest BCUT2D eigenvalue weighted by Crippen LogP contribution is -3.11. The van der Waals surface area contributed by atoms with Gasteiger partial charge >= 0.3 is 0 Å². The zero-order chi connectivity index (χ0) is 11.2. The molecule has 2 N–H and O–H groups in total. The highest BCUT2D eigenvalue weighted by Gasteiger charge is 2.21. The average Bonchev–Trinajstić information content (AvgIpc) is 2.12. The van der Waals surface area contributed by atoms with Crippen molar-refractivity contribution < 1.29 is 10.0 Å². The van der Waals surface area contributed by atoms with Crippen LogP contribution in [0.1, 0.15) is 34.6 Å². The van der Waals surface area contributed by atoms with Crippen molar-refractivity contribution >= 4 is 0 Å². The maximum atomic E-state index is 9.87. The minimum atomic E-state index is -0.841. The first kappa shape index (κ1) is 13.5. The zero-order valence-electron chi connectivity index (χ0n) is 10.1. The van der Waals surface area contributed by atoms with E-state index in [0.29, 0.717) is 0 Å². The van der Waals surface area contributed by atoms with Gasteiger partial charge in [-0.2, -0.15) is 0 Å². The summed E-state index contributed by atoms with van der Waals surface area (Å²) in [6.07, 6.45) is 0. The van der Waals surface area contributed by atoms with Crippen LogP contribution in [0.3, 0.4) is 0 Å².